The van der Waals surface area contributed by atoms with Crippen molar-refractivity contribution in [1.29, 1.82) is 0 Å². The van der Waals surface area contributed by atoms with Crippen molar-refractivity contribution in [1.82, 2.24) is 4.90 Å². The van der Waals surface area contributed by atoms with Crippen LogP contribution in [0.2, 0.25) is 0 Å². The van der Waals surface area contributed by atoms with E-state index in [9.17, 15) is 14.0 Å². The highest BCUT2D eigenvalue weighted by Crippen LogP contribution is 2.33. The maximum Gasteiger partial charge on any atom is 0.326 e. The Hall–Kier alpha value is -1.73. The lowest BCUT2D eigenvalue weighted by molar-refractivity contribution is -0.144. The lowest BCUT2D eigenvalue weighted by Crippen LogP contribution is -2.41. The first kappa shape index (κ1) is 14.7. The van der Waals surface area contributed by atoms with Gasteiger partial charge in [0.1, 0.15) is 16.2 Å². The van der Waals surface area contributed by atoms with Gasteiger partial charge < -0.3 is 5.11 Å². The van der Waals surface area contributed by atoms with Crippen LogP contribution < -0.4 is 0 Å². The van der Waals surface area contributed by atoms with Gasteiger partial charge >= 0.3 is 5.97 Å². The average molecular weight is 311 g/mol. The summed E-state index contributed by atoms with van der Waals surface area (Å²) in [5, 5.41) is 8.96. The molecule has 0 radical (unpaired) electrons. The summed E-state index contributed by atoms with van der Waals surface area (Å²) in [5.41, 5.74) is 0.522. The number of amides is 1. The Kier molecular flexibility index (Phi) is 4.20. The normalized spacial score (nSPS) is 18.7. The Labute approximate surface area is 124 Å². The summed E-state index contributed by atoms with van der Waals surface area (Å²) in [5.74, 6) is -2.01. The molecule has 0 unspecified atom stereocenters. The van der Waals surface area contributed by atoms with E-state index < -0.39 is 23.7 Å². The highest BCUT2D eigenvalue weighted by Gasteiger charge is 2.38. The zero-order valence-corrected chi connectivity index (χ0v) is 12.0. The molecule has 1 saturated heterocycles. The van der Waals surface area contributed by atoms with Gasteiger partial charge in [0.05, 0.1) is 4.91 Å². The maximum absolute atomic E-state index is 13.1. The monoisotopic (exact) mass is 311 g/mol. The third-order valence-corrected chi connectivity index (χ3v) is 4.05. The molecule has 1 atom stereocenters. The Morgan fingerprint density at radius 2 is 2.25 bits per heavy atom. The molecule has 1 aromatic carbocycles. The molecule has 0 aliphatic carbocycles. The molecule has 2 rings (SSSR count). The van der Waals surface area contributed by atoms with Crippen molar-refractivity contribution in [2.75, 3.05) is 0 Å². The second-order valence-electron chi connectivity index (χ2n) is 4.12. The van der Waals surface area contributed by atoms with Crippen molar-refractivity contribution in [2.45, 2.75) is 13.0 Å². The Morgan fingerprint density at radius 1 is 1.55 bits per heavy atom. The van der Waals surface area contributed by atoms with E-state index in [-0.39, 0.29) is 9.23 Å². The lowest BCUT2D eigenvalue weighted by Gasteiger charge is -2.18. The number of rotatable bonds is 3. The predicted octanol–water partition coefficient (Wildman–Crippen LogP) is 2.50. The molecule has 0 bridgehead atoms. The van der Waals surface area contributed by atoms with Crippen LogP contribution in [0.4, 0.5) is 4.39 Å². The first-order chi connectivity index (χ1) is 9.40. The molecule has 0 saturated carbocycles. The summed E-state index contributed by atoms with van der Waals surface area (Å²) in [4.78, 5) is 24.4. The van der Waals surface area contributed by atoms with Gasteiger partial charge in [-0.05, 0) is 30.7 Å². The molecule has 1 aliphatic rings. The highest BCUT2D eigenvalue weighted by molar-refractivity contribution is 8.26. The number of thioether (sulfide) groups is 1. The molecule has 104 valence electrons. The van der Waals surface area contributed by atoms with Crippen LogP contribution in [0.1, 0.15) is 12.5 Å². The van der Waals surface area contributed by atoms with Gasteiger partial charge in [-0.1, -0.05) is 36.1 Å². The smallest absolute Gasteiger partial charge is 0.326 e. The predicted molar refractivity (Wildman–Crippen MR) is 78.5 cm³/mol. The van der Waals surface area contributed by atoms with Crippen LogP contribution in [-0.2, 0) is 9.59 Å². The summed E-state index contributed by atoms with van der Waals surface area (Å²) >= 11 is 6.03. The summed E-state index contributed by atoms with van der Waals surface area (Å²) in [6.07, 6.45) is 1.50. The third-order valence-electron chi connectivity index (χ3n) is 2.71. The molecule has 1 N–H and O–H groups in total. The molecule has 1 aliphatic heterocycles. The van der Waals surface area contributed by atoms with Crippen molar-refractivity contribution in [3.8, 4) is 0 Å². The van der Waals surface area contributed by atoms with Crippen LogP contribution in [0.5, 0.6) is 0 Å². The van der Waals surface area contributed by atoms with Gasteiger partial charge in [-0.25, -0.2) is 9.18 Å². The van der Waals surface area contributed by atoms with Gasteiger partial charge in [-0.2, -0.15) is 0 Å². The van der Waals surface area contributed by atoms with E-state index in [4.69, 9.17) is 17.3 Å². The number of halogens is 1. The zero-order chi connectivity index (χ0) is 14.9. The van der Waals surface area contributed by atoms with Crippen LogP contribution in [0.25, 0.3) is 6.08 Å². The number of hydrogen-bond donors (Lipinski definition) is 1. The molecule has 1 aromatic rings. The van der Waals surface area contributed by atoms with E-state index in [0.29, 0.717) is 5.56 Å². The number of hydrogen-bond acceptors (Lipinski definition) is 4. The summed E-state index contributed by atoms with van der Waals surface area (Å²) in [6.45, 7) is 1.39. The number of carboxylic acid groups (broad SMARTS) is 1. The van der Waals surface area contributed by atoms with Gasteiger partial charge in [0, 0.05) is 0 Å². The van der Waals surface area contributed by atoms with E-state index in [0.717, 1.165) is 16.7 Å². The topological polar surface area (TPSA) is 57.6 Å². The minimum atomic E-state index is -1.13. The van der Waals surface area contributed by atoms with Crippen molar-refractivity contribution in [2.24, 2.45) is 0 Å². The highest BCUT2D eigenvalue weighted by atomic mass is 32.2. The van der Waals surface area contributed by atoms with Gasteiger partial charge in [0.15, 0.2) is 0 Å². The van der Waals surface area contributed by atoms with Crippen molar-refractivity contribution >= 4 is 46.3 Å². The standard InChI is InChI=1S/C13H10FNO3S2/c1-7(12(17)18)15-11(16)10(20-13(15)19)6-8-3-2-4-9(14)5-8/h2-7H,1H3,(H,17,18)/b10-6+/t7-/m1/s1. The number of benzene rings is 1. The number of carbonyl (C=O) groups is 2. The molecule has 7 heteroatoms. The Balaban J connectivity index is 2.30. The van der Waals surface area contributed by atoms with Crippen LogP contribution in [0.3, 0.4) is 0 Å². The quantitative estimate of drug-likeness (QED) is 0.686. The lowest BCUT2D eigenvalue weighted by atomic mass is 10.2. The average Bonchev–Trinajstić information content (AvgIpc) is 2.63. The van der Waals surface area contributed by atoms with Crippen LogP contribution in [-0.4, -0.2) is 32.2 Å². The third kappa shape index (κ3) is 2.88. The van der Waals surface area contributed by atoms with E-state index in [1.54, 1.807) is 6.07 Å². The van der Waals surface area contributed by atoms with E-state index in [1.165, 1.54) is 31.2 Å². The number of aliphatic carboxylic acids is 1. The van der Waals surface area contributed by atoms with E-state index in [2.05, 4.69) is 0 Å². The summed E-state index contributed by atoms with van der Waals surface area (Å²) in [6, 6.07) is 4.74. The number of carboxylic acids is 1. The van der Waals surface area contributed by atoms with Gasteiger partial charge in [-0.3, -0.25) is 9.69 Å². The van der Waals surface area contributed by atoms with Gasteiger partial charge in [-0.15, -0.1) is 0 Å². The van der Waals surface area contributed by atoms with Crippen molar-refractivity contribution in [3.05, 3.63) is 40.6 Å². The van der Waals surface area contributed by atoms with E-state index in [1.807, 2.05) is 0 Å². The second-order valence-corrected chi connectivity index (χ2v) is 5.80. The molecule has 1 fully saturated rings. The van der Waals surface area contributed by atoms with Crippen molar-refractivity contribution in [3.63, 3.8) is 0 Å². The van der Waals surface area contributed by atoms with Gasteiger partial charge in [0.25, 0.3) is 5.91 Å². The molecule has 1 amide bonds. The zero-order valence-electron chi connectivity index (χ0n) is 10.4. The molecular formula is C13H10FNO3S2. The number of thiocarbonyl (C=S) groups is 1. The van der Waals surface area contributed by atoms with Crippen molar-refractivity contribution < 1.29 is 19.1 Å². The molecule has 0 aromatic heterocycles. The van der Waals surface area contributed by atoms with Crippen LogP contribution in [0.15, 0.2) is 29.2 Å². The maximum atomic E-state index is 13.1. The summed E-state index contributed by atoms with van der Waals surface area (Å²) in [7, 11) is 0. The SMILES string of the molecule is C[C@H](C(=O)O)N1C(=O)/C(=C\c2cccc(F)c2)SC1=S. The number of nitrogens with zero attached hydrogens (tertiary/aromatic N) is 1. The fourth-order valence-corrected chi connectivity index (χ4v) is 3.09. The van der Waals surface area contributed by atoms with Crippen LogP contribution >= 0.6 is 24.0 Å². The fraction of sp³-hybridized carbons (Fsp3) is 0.154. The minimum absolute atomic E-state index is 0.188. The van der Waals surface area contributed by atoms with E-state index >= 15 is 0 Å². The Bertz CT molecular complexity index is 630. The van der Waals surface area contributed by atoms with Gasteiger partial charge in [0.2, 0.25) is 0 Å². The molecule has 1 heterocycles. The fourth-order valence-electron chi connectivity index (χ4n) is 1.67. The molecule has 0 spiro atoms. The first-order valence-electron chi connectivity index (χ1n) is 5.65. The molecule has 20 heavy (non-hydrogen) atoms. The molecular weight excluding hydrogens is 301 g/mol. The molecule has 4 nitrogen and oxygen atoms in total. The Morgan fingerprint density at radius 3 is 2.85 bits per heavy atom. The number of carbonyl (C=O) groups excluding carboxylic acids is 1. The second kappa shape index (κ2) is 5.72. The minimum Gasteiger partial charge on any atom is -0.480 e. The summed E-state index contributed by atoms with van der Waals surface area (Å²) < 4.78 is 13.3. The first-order valence-corrected chi connectivity index (χ1v) is 6.88. The van der Waals surface area contributed by atoms with Crippen LogP contribution in [0, 0.1) is 5.82 Å². The largest absolute Gasteiger partial charge is 0.480 e.